The van der Waals surface area contributed by atoms with Gasteiger partial charge in [-0.2, -0.15) is 0 Å². The second-order valence-electron chi connectivity index (χ2n) is 16.2. The average molecular weight is 593 g/mol. The first-order valence-corrected chi connectivity index (χ1v) is 23.4. The van der Waals surface area contributed by atoms with E-state index in [2.05, 4.69) is 109 Å². The van der Waals surface area contributed by atoms with Crippen LogP contribution in [0, 0.1) is 5.92 Å². The van der Waals surface area contributed by atoms with Gasteiger partial charge in [-0.05, 0) is 60.8 Å². The molecule has 9 heteroatoms. The van der Waals surface area contributed by atoms with Crippen LogP contribution in [0.2, 0.25) is 54.4 Å². The van der Waals surface area contributed by atoms with E-state index in [4.69, 9.17) is 18.0 Å². The quantitative estimate of drug-likeness (QED) is 0.245. The van der Waals surface area contributed by atoms with Crippen molar-refractivity contribution in [1.29, 1.82) is 0 Å². The summed E-state index contributed by atoms with van der Waals surface area (Å²) in [5.41, 5.74) is 0. The number of rotatable bonds is 11. The van der Waals surface area contributed by atoms with Crippen LogP contribution in [-0.4, -0.2) is 78.9 Å². The average Bonchev–Trinajstić information content (AvgIpc) is 2.70. The van der Waals surface area contributed by atoms with Gasteiger partial charge in [0.15, 0.2) is 25.0 Å². The molecule has 38 heavy (non-hydrogen) atoms. The standard InChI is InChI=1S/C29H64O6Si3/c1-21-22(17-18-30)32-24(19-23(21)33-36(11,12)27(2,3)4)26(35-38(15,16)29(8,9)10)25(20-31)34-37(13,14)28(5,6)7/h21-26,30-31H,17-20H2,1-16H3/t21-,22+,23-,24+,25-,26+/m0/s1. The van der Waals surface area contributed by atoms with Crippen LogP contribution in [0.15, 0.2) is 0 Å². The van der Waals surface area contributed by atoms with Crippen molar-refractivity contribution in [3.63, 3.8) is 0 Å². The topological polar surface area (TPSA) is 77.4 Å². The summed E-state index contributed by atoms with van der Waals surface area (Å²) in [7, 11) is -6.50. The van der Waals surface area contributed by atoms with Gasteiger partial charge < -0.3 is 28.2 Å². The van der Waals surface area contributed by atoms with Gasteiger partial charge in [0.1, 0.15) is 0 Å². The zero-order valence-electron chi connectivity index (χ0n) is 27.8. The molecule has 0 radical (unpaired) electrons. The van der Waals surface area contributed by atoms with E-state index in [1.807, 2.05) is 0 Å². The molecule has 1 fully saturated rings. The van der Waals surface area contributed by atoms with Crippen LogP contribution in [0.3, 0.4) is 0 Å². The number of aliphatic hydroxyl groups is 2. The van der Waals surface area contributed by atoms with E-state index in [1.165, 1.54) is 0 Å². The Kier molecular flexibility index (Phi) is 12.2. The summed E-state index contributed by atoms with van der Waals surface area (Å²) >= 11 is 0. The molecular formula is C29H64O6Si3. The van der Waals surface area contributed by atoms with E-state index in [0.29, 0.717) is 12.8 Å². The van der Waals surface area contributed by atoms with Crippen molar-refractivity contribution in [3.8, 4) is 0 Å². The number of aliphatic hydroxyl groups excluding tert-OH is 2. The van der Waals surface area contributed by atoms with Gasteiger partial charge in [0.05, 0.1) is 37.1 Å². The highest BCUT2D eigenvalue weighted by Gasteiger charge is 2.51. The zero-order chi connectivity index (χ0) is 30.1. The van der Waals surface area contributed by atoms with E-state index in [0.717, 1.165) is 0 Å². The molecule has 0 spiro atoms. The molecule has 0 aromatic heterocycles. The summed E-state index contributed by atoms with van der Waals surface area (Å²) in [5.74, 6) is 0.148. The second-order valence-corrected chi connectivity index (χ2v) is 30.4. The lowest BCUT2D eigenvalue weighted by Crippen LogP contribution is -2.60. The third kappa shape index (κ3) is 8.95. The molecule has 0 saturated carbocycles. The predicted molar refractivity (Wildman–Crippen MR) is 167 cm³/mol. The van der Waals surface area contributed by atoms with Crippen molar-refractivity contribution < 1.29 is 28.2 Å². The van der Waals surface area contributed by atoms with Crippen LogP contribution >= 0.6 is 0 Å². The van der Waals surface area contributed by atoms with E-state index < -0.39 is 37.2 Å². The van der Waals surface area contributed by atoms with Gasteiger partial charge in [0.2, 0.25) is 0 Å². The van der Waals surface area contributed by atoms with Gasteiger partial charge in [-0.1, -0.05) is 69.2 Å². The van der Waals surface area contributed by atoms with Crippen LogP contribution in [0.25, 0.3) is 0 Å². The van der Waals surface area contributed by atoms with Gasteiger partial charge in [-0.25, -0.2) is 0 Å². The fourth-order valence-corrected chi connectivity index (χ4v) is 8.22. The van der Waals surface area contributed by atoms with E-state index in [9.17, 15) is 10.2 Å². The van der Waals surface area contributed by atoms with Gasteiger partial charge in [0.25, 0.3) is 0 Å². The molecular weight excluding hydrogens is 529 g/mol. The van der Waals surface area contributed by atoms with Crippen molar-refractivity contribution in [2.75, 3.05) is 13.2 Å². The van der Waals surface area contributed by atoms with Gasteiger partial charge in [-0.3, -0.25) is 0 Å². The van der Waals surface area contributed by atoms with Crippen molar-refractivity contribution in [2.24, 2.45) is 5.92 Å². The first-order valence-electron chi connectivity index (χ1n) is 14.7. The predicted octanol–water partition coefficient (Wildman–Crippen LogP) is 7.33. The molecule has 6 nitrogen and oxygen atoms in total. The molecule has 228 valence electrons. The maximum absolute atomic E-state index is 10.7. The van der Waals surface area contributed by atoms with Gasteiger partial charge >= 0.3 is 0 Å². The molecule has 1 heterocycles. The van der Waals surface area contributed by atoms with Crippen LogP contribution in [0.5, 0.6) is 0 Å². The van der Waals surface area contributed by atoms with Crippen molar-refractivity contribution in [2.45, 2.75) is 167 Å². The first kappa shape index (κ1) is 36.4. The van der Waals surface area contributed by atoms with Gasteiger partial charge in [-0.15, -0.1) is 0 Å². The Morgan fingerprint density at radius 2 is 1.21 bits per heavy atom. The lowest BCUT2D eigenvalue weighted by molar-refractivity contribution is -0.180. The third-order valence-corrected chi connectivity index (χ3v) is 23.5. The Balaban J connectivity index is 3.56. The minimum atomic E-state index is -2.25. The molecule has 0 bridgehead atoms. The monoisotopic (exact) mass is 592 g/mol. The van der Waals surface area contributed by atoms with Crippen molar-refractivity contribution in [1.82, 2.24) is 0 Å². The summed E-state index contributed by atoms with van der Waals surface area (Å²) in [6.45, 7) is 35.8. The number of hydrogen-bond acceptors (Lipinski definition) is 6. The van der Waals surface area contributed by atoms with Gasteiger partial charge in [0, 0.05) is 18.9 Å². The fourth-order valence-electron chi connectivity index (χ4n) is 4.14. The van der Waals surface area contributed by atoms with Crippen LogP contribution in [0.1, 0.15) is 82.1 Å². The molecule has 0 aliphatic carbocycles. The molecule has 1 aliphatic heterocycles. The highest BCUT2D eigenvalue weighted by atomic mass is 28.4. The van der Waals surface area contributed by atoms with E-state index in [-0.39, 0.29) is 52.6 Å². The normalized spacial score (nSPS) is 26.4. The summed E-state index contributed by atoms with van der Waals surface area (Å²) in [5, 5.41) is 20.7. The Morgan fingerprint density at radius 3 is 1.61 bits per heavy atom. The highest BCUT2D eigenvalue weighted by Crippen LogP contribution is 2.44. The van der Waals surface area contributed by atoms with Crippen molar-refractivity contribution >= 4 is 25.0 Å². The largest absolute Gasteiger partial charge is 0.413 e. The summed E-state index contributed by atoms with van der Waals surface area (Å²) < 4.78 is 27.8. The number of ether oxygens (including phenoxy) is 1. The maximum Gasteiger partial charge on any atom is 0.192 e. The minimum absolute atomic E-state index is 0.00270. The SMILES string of the molecule is C[C@@H]1[C@@H](O[Si](C)(C)C(C)(C)C)C[C@H]([C@@H](O[Si](C)(C)C(C)(C)C)[C@H](CO)O[Si](C)(C)C(C)(C)C)O[C@@H]1CCO. The summed E-state index contributed by atoms with van der Waals surface area (Å²) in [6, 6.07) is 0. The van der Waals surface area contributed by atoms with Crippen LogP contribution in [0.4, 0.5) is 0 Å². The Morgan fingerprint density at radius 1 is 0.763 bits per heavy atom. The molecule has 0 amide bonds. The Hall–Kier alpha value is 0.411. The molecule has 0 aromatic carbocycles. The summed E-state index contributed by atoms with van der Waals surface area (Å²) in [4.78, 5) is 0. The molecule has 1 aliphatic rings. The first-order chi connectivity index (χ1) is 16.8. The van der Waals surface area contributed by atoms with Crippen LogP contribution in [-0.2, 0) is 18.0 Å². The molecule has 0 unspecified atom stereocenters. The zero-order valence-corrected chi connectivity index (χ0v) is 30.8. The molecule has 1 rings (SSSR count). The van der Waals surface area contributed by atoms with Crippen molar-refractivity contribution in [3.05, 3.63) is 0 Å². The minimum Gasteiger partial charge on any atom is -0.413 e. The number of hydrogen-bond donors (Lipinski definition) is 2. The molecule has 0 aromatic rings. The third-order valence-electron chi connectivity index (χ3n) is 10.1. The fraction of sp³-hybridized carbons (Fsp3) is 1.00. The highest BCUT2D eigenvalue weighted by molar-refractivity contribution is 6.75. The Labute approximate surface area is 239 Å². The lowest BCUT2D eigenvalue weighted by atomic mass is 9.86. The summed E-state index contributed by atoms with van der Waals surface area (Å²) in [6.07, 6.45) is -0.134. The van der Waals surface area contributed by atoms with E-state index in [1.54, 1.807) is 0 Å². The smallest absolute Gasteiger partial charge is 0.192 e. The second kappa shape index (κ2) is 12.7. The van der Waals surface area contributed by atoms with E-state index >= 15 is 0 Å². The molecule has 6 atom stereocenters. The molecule has 2 N–H and O–H groups in total. The van der Waals surface area contributed by atoms with Crippen LogP contribution < -0.4 is 0 Å². The molecule has 1 saturated heterocycles. The lowest BCUT2D eigenvalue weighted by Gasteiger charge is -2.51. The Bertz CT molecular complexity index is 736. The maximum atomic E-state index is 10.7.